The third-order valence-corrected chi connectivity index (χ3v) is 14.9. The quantitative estimate of drug-likeness (QED) is 0.0197. The van der Waals surface area contributed by atoms with Gasteiger partial charge in [-0.3, -0.25) is 37.9 Å². The predicted molar refractivity (Wildman–Crippen MR) is 293 cm³/mol. The predicted octanol–water partition coefficient (Wildman–Crippen LogP) is 1.11. The molecule has 3 aliphatic rings. The number of allylic oxidation sites excluding steroid dienone is 2. The number of unbranched alkanes of at least 4 members (excludes halogenated alkanes) is 2. The van der Waals surface area contributed by atoms with Crippen molar-refractivity contribution >= 4 is 80.4 Å². The molecule has 29 heteroatoms. The van der Waals surface area contributed by atoms with Gasteiger partial charge in [-0.2, -0.15) is 16.8 Å². The Morgan fingerprint density at radius 2 is 1.32 bits per heavy atom. The molecule has 0 saturated carbocycles. The fourth-order valence-electron chi connectivity index (χ4n) is 9.50. The van der Waals surface area contributed by atoms with Crippen LogP contribution in [-0.2, 0) is 65.1 Å². The smallest absolute Gasteiger partial charge is 0.390 e. The number of hydroxylamine groups is 2. The number of aromatic nitrogens is 1. The van der Waals surface area contributed by atoms with E-state index in [1.54, 1.807) is 54.4 Å². The standard InChI is InChI=1S/C51H75BF2N10O14S2/c1-59(26-13-9-12-20-49(69)78-62-47(67)23-24-48(62)68)27-25-55-50(70)40(34-79(72,73)74)58-46(66)33-56-51(71)41(35-80(75,76)77)57-45(65)22-21-39-30-37(18-14-28-63(2,3)4)43-32-44-38(19-15-29-64(5,6)7)31-42(36-16-10-8-11-17-36)61(44)52(53,54)60(39)43/h8,10-11,16-17,30-32,40-41H,9,12-15,18-29,33-35H2,1-7H3,(H4-2,55,56,57,58,65,66,70,71,72,73,74,75,76,77)/p+2. The third-order valence-electron chi connectivity index (χ3n) is 13.4. The summed E-state index contributed by atoms with van der Waals surface area (Å²) in [7, 11) is 4.11. The largest absolute Gasteiger partial charge is 0.737 e. The van der Waals surface area contributed by atoms with Gasteiger partial charge in [0.1, 0.15) is 29.3 Å². The molecule has 0 bridgehead atoms. The Balaban J connectivity index is 1.21. The number of hydrogen-bond donors (Lipinski definition) is 6. The molecule has 1 aromatic carbocycles. The number of fused-ring (bicyclic) bond motifs is 2. The molecule has 0 spiro atoms. The van der Waals surface area contributed by atoms with Crippen LogP contribution in [0.25, 0.3) is 17.3 Å². The van der Waals surface area contributed by atoms with E-state index in [9.17, 15) is 59.5 Å². The fourth-order valence-corrected chi connectivity index (χ4v) is 10.8. The van der Waals surface area contributed by atoms with Crippen LogP contribution in [0.5, 0.6) is 0 Å². The molecule has 6 N–H and O–H groups in total. The van der Waals surface area contributed by atoms with Gasteiger partial charge in [-0.25, -0.2) is 4.79 Å². The van der Waals surface area contributed by atoms with Gasteiger partial charge >= 0.3 is 12.9 Å². The summed E-state index contributed by atoms with van der Waals surface area (Å²) in [5.41, 5.74) is 3.12. The van der Waals surface area contributed by atoms with Crippen molar-refractivity contribution < 1.29 is 86.4 Å². The zero-order chi connectivity index (χ0) is 59.4. The molecule has 6 amide bonds. The number of amides is 6. The van der Waals surface area contributed by atoms with Gasteiger partial charge in [-0.05, 0) is 56.5 Å². The number of quaternary nitrogens is 2. The highest BCUT2D eigenvalue weighted by atomic mass is 32.2. The van der Waals surface area contributed by atoms with Crippen LogP contribution in [0.15, 0.2) is 53.7 Å². The van der Waals surface area contributed by atoms with E-state index in [1.807, 2.05) is 27.2 Å². The molecule has 5 rings (SSSR count). The van der Waals surface area contributed by atoms with Gasteiger partial charge in [0.05, 0.1) is 61.9 Å². The highest BCUT2D eigenvalue weighted by Crippen LogP contribution is 2.42. The monoisotopic (exact) mass is 1170 g/mol. The third kappa shape index (κ3) is 19.8. The van der Waals surface area contributed by atoms with E-state index in [-0.39, 0.29) is 44.5 Å². The van der Waals surface area contributed by atoms with Gasteiger partial charge in [0.2, 0.25) is 23.6 Å². The maximum atomic E-state index is 17.6. The number of rotatable bonds is 32. The molecule has 80 heavy (non-hydrogen) atoms. The summed E-state index contributed by atoms with van der Waals surface area (Å²) in [6.07, 6.45) is 6.49. The van der Waals surface area contributed by atoms with E-state index in [1.165, 1.54) is 0 Å². The number of nitrogens with zero attached hydrogens (tertiary/aromatic N) is 6. The number of likely N-dealkylation sites (N-methyl/N-ethyl adjacent to an activating group) is 1. The number of imide groups is 1. The molecule has 3 aliphatic heterocycles. The lowest BCUT2D eigenvalue weighted by Crippen LogP contribution is -2.55. The van der Waals surface area contributed by atoms with Gasteiger partial charge in [0, 0.05) is 87.1 Å². The van der Waals surface area contributed by atoms with Gasteiger partial charge in [-0.1, -0.05) is 36.8 Å². The fraction of sp³-hybridized carbons (Fsp3) is 0.569. The minimum absolute atomic E-state index is 0.0209. The Hall–Kier alpha value is -6.24. The van der Waals surface area contributed by atoms with Gasteiger partial charge in [0.15, 0.2) is 5.70 Å². The second-order valence-corrected chi connectivity index (χ2v) is 25.5. The number of carbonyl (C=O) groups is 7. The Labute approximate surface area is 466 Å². The molecule has 0 aliphatic carbocycles. The Bertz CT molecular complexity index is 2960. The maximum absolute atomic E-state index is 17.6. The number of nitrogens with one attached hydrogen (secondary N) is 4. The lowest BCUT2D eigenvalue weighted by molar-refractivity contribution is -0.870. The number of carbonyl (C=O) groups excluding carboxylic acids is 7. The van der Waals surface area contributed by atoms with Crippen LogP contribution in [0.1, 0.15) is 81.9 Å². The van der Waals surface area contributed by atoms with Crippen LogP contribution in [0.2, 0.25) is 0 Å². The molecule has 1 aromatic heterocycles. The zero-order valence-electron chi connectivity index (χ0n) is 46.5. The number of halogens is 2. The molecule has 442 valence electrons. The second kappa shape index (κ2) is 27.5. The Morgan fingerprint density at radius 3 is 1.91 bits per heavy atom. The van der Waals surface area contributed by atoms with Gasteiger partial charge in [-0.15, -0.1) is 5.06 Å². The van der Waals surface area contributed by atoms with Crippen LogP contribution in [0.3, 0.4) is 0 Å². The van der Waals surface area contributed by atoms with Gasteiger partial charge in [0.25, 0.3) is 32.1 Å². The summed E-state index contributed by atoms with van der Waals surface area (Å²) in [5, 5.41) is 9.31. The topological polar surface area (TPSA) is 300 Å². The number of hydrogen-bond acceptors (Lipinski definition) is 13. The van der Waals surface area contributed by atoms with Crippen molar-refractivity contribution in [1.29, 1.82) is 0 Å². The average Bonchev–Trinajstić information content (AvgIpc) is 4.01. The summed E-state index contributed by atoms with van der Waals surface area (Å²) in [5.74, 6) is -8.98. The van der Waals surface area contributed by atoms with E-state index < -0.39 is 105 Å². The molecule has 2 unspecified atom stereocenters. The lowest BCUT2D eigenvalue weighted by Gasteiger charge is -2.32. The minimum atomic E-state index is -4.99. The van der Waals surface area contributed by atoms with Crippen molar-refractivity contribution in [2.75, 3.05) is 100 Å². The summed E-state index contributed by atoms with van der Waals surface area (Å²) < 4.78 is 106. The first-order valence-corrected chi connectivity index (χ1v) is 29.7. The first kappa shape index (κ1) is 64.6. The van der Waals surface area contributed by atoms with E-state index in [4.69, 9.17) is 4.84 Å². The Morgan fingerprint density at radius 1 is 0.750 bits per heavy atom. The SMILES string of the molecule is CN(CCCCCC(=O)ON1C(=O)CCC1=O)CCNC(=O)C(CS(=O)(=O)O)NC(=O)CNC(=O)C(CS(=O)(=O)O)NC(=O)CCC1=[N+]2C(=Cc3c(CCC[N+](C)(C)C)cc(-c4ccccc4)n3[B-]2(F)F)C(CCC[N+](C)(C)C)=C1. The summed E-state index contributed by atoms with van der Waals surface area (Å²) in [4.78, 5) is 95.0. The lowest BCUT2D eigenvalue weighted by atomic mass is 9.88. The highest BCUT2D eigenvalue weighted by molar-refractivity contribution is 7.86. The molecule has 1 saturated heterocycles. The Kier molecular flexibility index (Phi) is 22.2. The highest BCUT2D eigenvalue weighted by Gasteiger charge is 2.54. The van der Waals surface area contributed by atoms with Crippen molar-refractivity contribution in [3.05, 3.63) is 65.0 Å². The van der Waals surface area contributed by atoms with Crippen molar-refractivity contribution in [2.24, 2.45) is 0 Å². The number of aryl methyl sites for hydroxylation is 1. The minimum Gasteiger partial charge on any atom is -0.390 e. The molecule has 1 fully saturated rings. The summed E-state index contributed by atoms with van der Waals surface area (Å²) in [6, 6.07) is 6.78. The molecular weight excluding hydrogens is 1090 g/mol. The molecule has 2 atom stereocenters. The summed E-state index contributed by atoms with van der Waals surface area (Å²) >= 11 is 0. The van der Waals surface area contributed by atoms with Crippen LogP contribution in [0.4, 0.5) is 8.63 Å². The van der Waals surface area contributed by atoms with Crippen molar-refractivity contribution in [3.8, 4) is 11.3 Å². The van der Waals surface area contributed by atoms with Gasteiger partial charge < -0.3 is 57.6 Å². The van der Waals surface area contributed by atoms with Crippen LogP contribution in [0, 0.1) is 0 Å². The molecule has 24 nitrogen and oxygen atoms in total. The normalized spacial score (nSPS) is 16.2. The van der Waals surface area contributed by atoms with E-state index in [2.05, 4.69) is 42.4 Å². The molecular formula is C51H77BF2N10O14S2+2. The molecule has 2 aromatic rings. The second-order valence-electron chi connectivity index (χ2n) is 22.5. The van der Waals surface area contributed by atoms with Crippen molar-refractivity contribution in [3.63, 3.8) is 0 Å². The zero-order valence-corrected chi connectivity index (χ0v) is 48.2. The van der Waals surface area contributed by atoms with Crippen LogP contribution >= 0.6 is 0 Å². The number of benzene rings is 1. The van der Waals surface area contributed by atoms with Crippen molar-refractivity contribution in [1.82, 2.24) is 35.7 Å². The first-order chi connectivity index (χ1) is 37.2. The average molecular weight is 1170 g/mol. The van der Waals surface area contributed by atoms with E-state index >= 15 is 8.63 Å². The summed E-state index contributed by atoms with van der Waals surface area (Å²) in [6.45, 7) is -3.39. The van der Waals surface area contributed by atoms with Crippen LogP contribution < -0.4 is 21.3 Å². The van der Waals surface area contributed by atoms with Crippen LogP contribution in [-0.4, -0.2) is 220 Å². The molecule has 0 radical (unpaired) electrons. The van der Waals surface area contributed by atoms with E-state index in [0.717, 1.165) is 34.0 Å². The van der Waals surface area contributed by atoms with Crippen molar-refractivity contribution in [2.45, 2.75) is 89.1 Å². The molecule has 4 heterocycles. The van der Waals surface area contributed by atoms with E-state index in [0.29, 0.717) is 87.3 Å². The first-order valence-electron chi connectivity index (χ1n) is 26.5. The maximum Gasteiger partial charge on any atom is 0.737 e.